The number of terminal acetylenes is 1. The third-order valence-corrected chi connectivity index (χ3v) is 2.61. The van der Waals surface area contributed by atoms with Crippen LogP contribution < -0.4 is 5.32 Å². The van der Waals surface area contributed by atoms with Crippen LogP contribution in [-0.4, -0.2) is 13.1 Å². The highest BCUT2D eigenvalue weighted by atomic mass is 14.9. The van der Waals surface area contributed by atoms with Crippen LogP contribution in [0.5, 0.6) is 0 Å². The number of aryl methyl sites for hydroxylation is 1. The van der Waals surface area contributed by atoms with Gasteiger partial charge < -0.3 is 5.32 Å². The van der Waals surface area contributed by atoms with Crippen molar-refractivity contribution in [2.75, 3.05) is 7.05 Å². The third-order valence-electron chi connectivity index (χ3n) is 2.61. The van der Waals surface area contributed by atoms with E-state index in [-0.39, 0.29) is 0 Å². The van der Waals surface area contributed by atoms with E-state index in [1.54, 1.807) is 0 Å². The molecule has 0 fully saturated rings. The van der Waals surface area contributed by atoms with E-state index in [1.807, 2.05) is 7.05 Å². The first kappa shape index (κ1) is 11.8. The van der Waals surface area contributed by atoms with E-state index in [9.17, 15) is 0 Å². The summed E-state index contributed by atoms with van der Waals surface area (Å²) in [6, 6.07) is 9.13. The van der Waals surface area contributed by atoms with E-state index < -0.39 is 0 Å². The van der Waals surface area contributed by atoms with Gasteiger partial charge in [0.25, 0.3) is 0 Å². The molecule has 0 heterocycles. The van der Waals surface area contributed by atoms with Gasteiger partial charge in [0.2, 0.25) is 0 Å². The minimum absolute atomic E-state index is 0.489. The number of hydrogen-bond acceptors (Lipinski definition) is 1. The molecule has 15 heavy (non-hydrogen) atoms. The molecule has 0 aliphatic carbocycles. The number of likely N-dealkylation sites (N-methyl/N-ethyl adjacent to an activating group) is 1. The zero-order valence-corrected chi connectivity index (χ0v) is 9.59. The Balaban J connectivity index is 2.55. The predicted octanol–water partition coefficient (Wildman–Crippen LogP) is 2.54. The molecular weight excluding hydrogens is 182 g/mol. The molecule has 1 N–H and O–H groups in total. The van der Waals surface area contributed by atoms with Crippen molar-refractivity contribution in [3.8, 4) is 12.3 Å². The Hall–Kier alpha value is -1.26. The van der Waals surface area contributed by atoms with Gasteiger partial charge in [0.15, 0.2) is 0 Å². The molecule has 0 amide bonds. The van der Waals surface area contributed by atoms with Gasteiger partial charge in [-0.15, -0.1) is 12.3 Å². The second kappa shape index (κ2) is 6.27. The fraction of sp³-hybridized carbons (Fsp3) is 0.429. The van der Waals surface area contributed by atoms with Crippen LogP contribution in [0.3, 0.4) is 0 Å². The highest BCUT2D eigenvalue weighted by Crippen LogP contribution is 2.09. The van der Waals surface area contributed by atoms with Gasteiger partial charge in [0, 0.05) is 12.5 Å². The first-order valence-electron chi connectivity index (χ1n) is 5.42. The van der Waals surface area contributed by atoms with Crippen molar-refractivity contribution in [1.82, 2.24) is 5.32 Å². The van der Waals surface area contributed by atoms with E-state index in [1.165, 1.54) is 11.1 Å². The van der Waals surface area contributed by atoms with Crippen LogP contribution in [0.15, 0.2) is 24.3 Å². The molecule has 0 saturated heterocycles. The van der Waals surface area contributed by atoms with Crippen molar-refractivity contribution in [2.24, 2.45) is 0 Å². The lowest BCUT2D eigenvalue weighted by Crippen LogP contribution is -2.27. The highest BCUT2D eigenvalue weighted by molar-refractivity contribution is 5.23. The summed E-state index contributed by atoms with van der Waals surface area (Å²) in [7, 11) is 2.00. The summed E-state index contributed by atoms with van der Waals surface area (Å²) in [6.07, 6.45) is 8.21. The summed E-state index contributed by atoms with van der Waals surface area (Å²) >= 11 is 0. The summed E-state index contributed by atoms with van der Waals surface area (Å²) in [5.74, 6) is 2.69. The molecule has 0 spiro atoms. The normalized spacial score (nSPS) is 12.1. The van der Waals surface area contributed by atoms with Crippen LogP contribution in [0.1, 0.15) is 24.0 Å². The fourth-order valence-corrected chi connectivity index (χ4v) is 1.73. The van der Waals surface area contributed by atoms with Crippen molar-refractivity contribution < 1.29 is 0 Å². The Morgan fingerprint density at radius 1 is 1.47 bits per heavy atom. The van der Waals surface area contributed by atoms with E-state index in [2.05, 4.69) is 42.4 Å². The smallest absolute Gasteiger partial charge is 0.0113 e. The van der Waals surface area contributed by atoms with Crippen LogP contribution in [0, 0.1) is 19.3 Å². The van der Waals surface area contributed by atoms with Gasteiger partial charge in [-0.05, 0) is 32.4 Å². The number of benzene rings is 1. The summed E-state index contributed by atoms with van der Waals surface area (Å²) in [5.41, 5.74) is 2.70. The van der Waals surface area contributed by atoms with Crippen molar-refractivity contribution in [3.05, 3.63) is 35.4 Å². The number of rotatable bonds is 5. The van der Waals surface area contributed by atoms with Crippen molar-refractivity contribution in [1.29, 1.82) is 0 Å². The average molecular weight is 201 g/mol. The molecule has 1 nitrogen and oxygen atoms in total. The minimum Gasteiger partial charge on any atom is -0.317 e. The van der Waals surface area contributed by atoms with Crippen molar-refractivity contribution in [3.63, 3.8) is 0 Å². The SMILES string of the molecule is C#CCCC(Cc1cccc(C)c1)NC. The first-order chi connectivity index (χ1) is 7.26. The molecule has 1 aromatic carbocycles. The molecule has 0 aliphatic rings. The van der Waals surface area contributed by atoms with E-state index >= 15 is 0 Å². The summed E-state index contributed by atoms with van der Waals surface area (Å²) < 4.78 is 0. The molecule has 1 aromatic rings. The molecule has 1 rings (SSSR count). The maximum atomic E-state index is 5.27. The van der Waals surface area contributed by atoms with Gasteiger partial charge in [-0.2, -0.15) is 0 Å². The lowest BCUT2D eigenvalue weighted by molar-refractivity contribution is 0.528. The van der Waals surface area contributed by atoms with Crippen molar-refractivity contribution in [2.45, 2.75) is 32.2 Å². The molecule has 1 heteroatoms. The summed E-state index contributed by atoms with van der Waals surface area (Å²) in [4.78, 5) is 0. The van der Waals surface area contributed by atoms with Gasteiger partial charge in [0.1, 0.15) is 0 Å². The maximum Gasteiger partial charge on any atom is 0.0113 e. The van der Waals surface area contributed by atoms with Crippen LogP contribution in [0.2, 0.25) is 0 Å². The van der Waals surface area contributed by atoms with Crippen LogP contribution >= 0.6 is 0 Å². The number of hydrogen-bond donors (Lipinski definition) is 1. The number of nitrogens with one attached hydrogen (secondary N) is 1. The monoisotopic (exact) mass is 201 g/mol. The Bertz CT molecular complexity index is 335. The maximum absolute atomic E-state index is 5.27. The standard InChI is InChI=1S/C14H19N/c1-4-5-9-14(15-3)11-13-8-6-7-12(2)10-13/h1,6-8,10,14-15H,5,9,11H2,2-3H3. The predicted molar refractivity (Wildman–Crippen MR) is 65.8 cm³/mol. The minimum atomic E-state index is 0.489. The lowest BCUT2D eigenvalue weighted by Gasteiger charge is -2.15. The molecule has 1 atom stereocenters. The highest BCUT2D eigenvalue weighted by Gasteiger charge is 2.05. The van der Waals surface area contributed by atoms with Gasteiger partial charge in [-0.1, -0.05) is 29.8 Å². The third kappa shape index (κ3) is 4.18. The molecule has 0 aromatic heterocycles. The zero-order valence-electron chi connectivity index (χ0n) is 9.59. The van der Waals surface area contributed by atoms with E-state index in [0.717, 1.165) is 19.3 Å². The topological polar surface area (TPSA) is 12.0 Å². The van der Waals surface area contributed by atoms with Gasteiger partial charge >= 0.3 is 0 Å². The average Bonchev–Trinajstić information content (AvgIpc) is 2.24. The fourth-order valence-electron chi connectivity index (χ4n) is 1.73. The quantitative estimate of drug-likeness (QED) is 0.722. The Morgan fingerprint density at radius 2 is 2.27 bits per heavy atom. The second-order valence-corrected chi connectivity index (χ2v) is 3.92. The first-order valence-corrected chi connectivity index (χ1v) is 5.42. The van der Waals surface area contributed by atoms with Gasteiger partial charge in [0.05, 0.1) is 0 Å². The van der Waals surface area contributed by atoms with E-state index in [4.69, 9.17) is 6.42 Å². The van der Waals surface area contributed by atoms with Crippen LogP contribution in [0.4, 0.5) is 0 Å². The molecule has 0 aliphatic heterocycles. The van der Waals surface area contributed by atoms with Gasteiger partial charge in [-0.3, -0.25) is 0 Å². The zero-order chi connectivity index (χ0) is 11.1. The Morgan fingerprint density at radius 3 is 2.87 bits per heavy atom. The van der Waals surface area contributed by atoms with Gasteiger partial charge in [-0.25, -0.2) is 0 Å². The molecule has 0 radical (unpaired) electrons. The van der Waals surface area contributed by atoms with E-state index in [0.29, 0.717) is 6.04 Å². The van der Waals surface area contributed by atoms with Crippen molar-refractivity contribution >= 4 is 0 Å². The molecule has 0 saturated carbocycles. The van der Waals surface area contributed by atoms with Crippen LogP contribution in [0.25, 0.3) is 0 Å². The second-order valence-electron chi connectivity index (χ2n) is 3.92. The van der Waals surface area contributed by atoms with Crippen LogP contribution in [-0.2, 0) is 6.42 Å². The largest absolute Gasteiger partial charge is 0.317 e. The molecule has 1 unspecified atom stereocenters. The summed E-state index contributed by atoms with van der Waals surface area (Å²) in [6.45, 7) is 2.12. The summed E-state index contributed by atoms with van der Waals surface area (Å²) in [5, 5.41) is 3.31. The molecule has 80 valence electrons. The lowest BCUT2D eigenvalue weighted by atomic mass is 10.0. The Kier molecular flexibility index (Phi) is 4.93. The molecule has 0 bridgehead atoms. The Labute approximate surface area is 92.9 Å². The molecular formula is C14H19N.